The average Bonchev–Trinajstić information content (AvgIpc) is 2.79. The van der Waals surface area contributed by atoms with Gasteiger partial charge in [-0.3, -0.25) is 4.79 Å². The molecular formula is C15H18N2O2. The molecule has 0 aromatic carbocycles. The number of hydrogen-bond acceptors (Lipinski definition) is 3. The van der Waals surface area contributed by atoms with Crippen molar-refractivity contribution in [2.75, 3.05) is 0 Å². The van der Waals surface area contributed by atoms with Gasteiger partial charge in [-0.25, -0.2) is 0 Å². The molecule has 0 bridgehead atoms. The van der Waals surface area contributed by atoms with Crippen LogP contribution in [0.25, 0.3) is 6.08 Å². The molecule has 1 amide bonds. The Labute approximate surface area is 113 Å². The minimum absolute atomic E-state index is 0.0965. The largest absolute Gasteiger partial charge is 0.465 e. The van der Waals surface area contributed by atoms with Crippen molar-refractivity contribution in [1.82, 2.24) is 5.32 Å². The van der Waals surface area contributed by atoms with Gasteiger partial charge in [0.05, 0.1) is 6.26 Å². The number of nitrogens with zero attached hydrogens (tertiary/aromatic N) is 1. The summed E-state index contributed by atoms with van der Waals surface area (Å²) in [6.07, 6.45) is 9.77. The lowest BCUT2D eigenvalue weighted by Gasteiger charge is -2.15. The molecule has 1 saturated carbocycles. The maximum absolute atomic E-state index is 12.0. The maximum atomic E-state index is 12.0. The molecule has 1 aromatic heterocycles. The summed E-state index contributed by atoms with van der Waals surface area (Å²) in [4.78, 5) is 12.0. The van der Waals surface area contributed by atoms with Crippen LogP contribution in [0.4, 0.5) is 0 Å². The third-order valence-electron chi connectivity index (χ3n) is 3.39. The Morgan fingerprint density at radius 3 is 2.68 bits per heavy atom. The van der Waals surface area contributed by atoms with Crippen molar-refractivity contribution in [1.29, 1.82) is 5.26 Å². The normalized spacial score (nSPS) is 17.5. The highest BCUT2D eigenvalue weighted by Crippen LogP contribution is 2.17. The summed E-state index contributed by atoms with van der Waals surface area (Å²) in [6.45, 7) is 0. The lowest BCUT2D eigenvalue weighted by atomic mass is 10.1. The van der Waals surface area contributed by atoms with Gasteiger partial charge in [-0.15, -0.1) is 0 Å². The van der Waals surface area contributed by atoms with E-state index in [-0.39, 0.29) is 17.5 Å². The summed E-state index contributed by atoms with van der Waals surface area (Å²) in [5.41, 5.74) is 0.0965. The van der Waals surface area contributed by atoms with Gasteiger partial charge in [0, 0.05) is 12.1 Å². The predicted octanol–water partition coefficient (Wildman–Crippen LogP) is 3.03. The highest BCUT2D eigenvalue weighted by atomic mass is 16.3. The SMILES string of the molecule is N#C/C(=C/c1ccco1)C(=O)NC1CCCCCC1. The van der Waals surface area contributed by atoms with Crippen LogP contribution in [0, 0.1) is 11.3 Å². The third kappa shape index (κ3) is 3.99. The Morgan fingerprint density at radius 2 is 2.11 bits per heavy atom. The van der Waals surface area contributed by atoms with Crippen LogP contribution < -0.4 is 5.32 Å². The molecule has 100 valence electrons. The number of nitriles is 1. The molecule has 0 unspecified atom stereocenters. The molecule has 0 aliphatic heterocycles. The maximum Gasteiger partial charge on any atom is 0.262 e. The van der Waals surface area contributed by atoms with E-state index in [1.165, 1.54) is 25.2 Å². The summed E-state index contributed by atoms with van der Waals surface area (Å²) in [6, 6.07) is 5.58. The molecule has 1 aromatic rings. The number of furan rings is 1. The second-order valence-electron chi connectivity index (χ2n) is 4.85. The van der Waals surface area contributed by atoms with Gasteiger partial charge < -0.3 is 9.73 Å². The minimum atomic E-state index is -0.300. The molecule has 19 heavy (non-hydrogen) atoms. The minimum Gasteiger partial charge on any atom is -0.465 e. The first-order chi connectivity index (χ1) is 9.29. The van der Waals surface area contributed by atoms with Gasteiger partial charge in [-0.05, 0) is 25.0 Å². The zero-order valence-corrected chi connectivity index (χ0v) is 10.9. The van der Waals surface area contributed by atoms with Crippen LogP contribution >= 0.6 is 0 Å². The molecule has 0 spiro atoms. The lowest BCUT2D eigenvalue weighted by molar-refractivity contribution is -0.117. The average molecular weight is 258 g/mol. The second kappa shape index (κ2) is 6.79. The lowest BCUT2D eigenvalue weighted by Crippen LogP contribution is -2.35. The standard InChI is InChI=1S/C15H18N2O2/c16-11-12(10-14-8-5-9-19-14)15(18)17-13-6-3-1-2-4-7-13/h5,8-10,13H,1-4,6-7H2,(H,17,18)/b12-10-. The zero-order valence-electron chi connectivity index (χ0n) is 10.9. The van der Waals surface area contributed by atoms with Crippen LogP contribution in [0.2, 0.25) is 0 Å². The van der Waals surface area contributed by atoms with E-state index < -0.39 is 0 Å². The number of hydrogen-bond donors (Lipinski definition) is 1. The number of carbonyl (C=O) groups is 1. The first-order valence-corrected chi connectivity index (χ1v) is 6.76. The molecule has 0 saturated heterocycles. The summed E-state index contributed by atoms with van der Waals surface area (Å²) >= 11 is 0. The molecule has 1 fully saturated rings. The van der Waals surface area contributed by atoms with E-state index in [1.54, 1.807) is 12.1 Å². The molecule has 0 atom stereocenters. The van der Waals surface area contributed by atoms with Gasteiger partial charge in [-0.2, -0.15) is 5.26 Å². The van der Waals surface area contributed by atoms with Crippen molar-refractivity contribution in [2.24, 2.45) is 0 Å². The van der Waals surface area contributed by atoms with Crippen molar-refractivity contribution in [3.05, 3.63) is 29.7 Å². The summed E-state index contributed by atoms with van der Waals surface area (Å²) < 4.78 is 5.12. The van der Waals surface area contributed by atoms with E-state index in [1.807, 2.05) is 6.07 Å². The Bertz CT molecular complexity index is 475. The van der Waals surface area contributed by atoms with Crippen LogP contribution in [0.15, 0.2) is 28.4 Å². The highest BCUT2D eigenvalue weighted by Gasteiger charge is 2.17. The summed E-state index contributed by atoms with van der Waals surface area (Å²) in [5, 5.41) is 12.0. The van der Waals surface area contributed by atoms with Crippen LogP contribution in [0.5, 0.6) is 0 Å². The summed E-state index contributed by atoms with van der Waals surface area (Å²) in [7, 11) is 0. The van der Waals surface area contributed by atoms with E-state index in [9.17, 15) is 4.79 Å². The van der Waals surface area contributed by atoms with Crippen molar-refractivity contribution in [3.8, 4) is 6.07 Å². The molecule has 4 nitrogen and oxygen atoms in total. The smallest absolute Gasteiger partial charge is 0.262 e. The topological polar surface area (TPSA) is 66.0 Å². The van der Waals surface area contributed by atoms with E-state index in [0.717, 1.165) is 25.7 Å². The van der Waals surface area contributed by atoms with Gasteiger partial charge in [0.2, 0.25) is 0 Å². The molecule has 1 heterocycles. The van der Waals surface area contributed by atoms with Gasteiger partial charge in [0.15, 0.2) is 0 Å². The molecule has 0 radical (unpaired) electrons. The zero-order chi connectivity index (χ0) is 13.5. The molecule has 2 rings (SSSR count). The van der Waals surface area contributed by atoms with E-state index >= 15 is 0 Å². The van der Waals surface area contributed by atoms with Gasteiger partial charge in [0.25, 0.3) is 5.91 Å². The predicted molar refractivity (Wildman–Crippen MR) is 71.9 cm³/mol. The van der Waals surface area contributed by atoms with Gasteiger partial charge in [-0.1, -0.05) is 25.7 Å². The van der Waals surface area contributed by atoms with Crippen molar-refractivity contribution < 1.29 is 9.21 Å². The quantitative estimate of drug-likeness (QED) is 0.515. The molecular weight excluding hydrogens is 240 g/mol. The number of amides is 1. The fraction of sp³-hybridized carbons (Fsp3) is 0.467. The number of nitrogens with one attached hydrogen (secondary N) is 1. The van der Waals surface area contributed by atoms with Gasteiger partial charge >= 0.3 is 0 Å². The van der Waals surface area contributed by atoms with Crippen LogP contribution in [0.3, 0.4) is 0 Å². The van der Waals surface area contributed by atoms with Crippen LogP contribution in [-0.2, 0) is 4.79 Å². The van der Waals surface area contributed by atoms with Gasteiger partial charge in [0.1, 0.15) is 17.4 Å². The van der Waals surface area contributed by atoms with Crippen LogP contribution in [-0.4, -0.2) is 11.9 Å². The molecule has 1 N–H and O–H groups in total. The van der Waals surface area contributed by atoms with Crippen LogP contribution in [0.1, 0.15) is 44.3 Å². The molecule has 1 aliphatic rings. The van der Waals surface area contributed by atoms with E-state index in [2.05, 4.69) is 5.32 Å². The monoisotopic (exact) mass is 258 g/mol. The second-order valence-corrected chi connectivity index (χ2v) is 4.85. The van der Waals surface area contributed by atoms with Crippen molar-refractivity contribution in [3.63, 3.8) is 0 Å². The third-order valence-corrected chi connectivity index (χ3v) is 3.39. The number of carbonyl (C=O) groups excluding carboxylic acids is 1. The molecule has 1 aliphatic carbocycles. The highest BCUT2D eigenvalue weighted by molar-refractivity contribution is 6.01. The number of rotatable bonds is 3. The van der Waals surface area contributed by atoms with Crippen molar-refractivity contribution in [2.45, 2.75) is 44.6 Å². The Hall–Kier alpha value is -2.02. The Morgan fingerprint density at radius 1 is 1.37 bits per heavy atom. The molecule has 4 heteroatoms. The fourth-order valence-corrected chi connectivity index (χ4v) is 2.35. The van der Waals surface area contributed by atoms with E-state index in [4.69, 9.17) is 9.68 Å². The fourth-order valence-electron chi connectivity index (χ4n) is 2.35. The first-order valence-electron chi connectivity index (χ1n) is 6.76. The Balaban J connectivity index is 1.99. The summed E-state index contributed by atoms with van der Waals surface area (Å²) in [5.74, 6) is 0.221. The van der Waals surface area contributed by atoms with Crippen molar-refractivity contribution >= 4 is 12.0 Å². The van der Waals surface area contributed by atoms with E-state index in [0.29, 0.717) is 5.76 Å². The first kappa shape index (κ1) is 13.4. The Kier molecular flexibility index (Phi) is 4.79.